The number of hydrogen-bond acceptors (Lipinski definition) is 3. The average Bonchev–Trinajstić information content (AvgIpc) is 2.44. The Morgan fingerprint density at radius 1 is 1.30 bits per heavy atom. The summed E-state index contributed by atoms with van der Waals surface area (Å²) in [7, 11) is 1.50. The molecule has 20 heavy (non-hydrogen) atoms. The summed E-state index contributed by atoms with van der Waals surface area (Å²) in [5, 5.41) is 3.27. The first-order valence-electron chi connectivity index (χ1n) is 5.72. The highest BCUT2D eigenvalue weighted by atomic mass is 79.9. The predicted octanol–water partition coefficient (Wildman–Crippen LogP) is 3.95. The summed E-state index contributed by atoms with van der Waals surface area (Å²) in [6.07, 6.45) is 0. The molecular weight excluding hydrogens is 344 g/mol. The van der Waals surface area contributed by atoms with Crippen LogP contribution in [0.4, 0.5) is 11.4 Å². The molecule has 0 unspecified atom stereocenters. The van der Waals surface area contributed by atoms with Crippen molar-refractivity contribution >= 4 is 44.8 Å². The van der Waals surface area contributed by atoms with Gasteiger partial charge in [-0.3, -0.25) is 4.79 Å². The van der Waals surface area contributed by atoms with Crippen molar-refractivity contribution in [2.75, 3.05) is 18.2 Å². The lowest BCUT2D eigenvalue weighted by Crippen LogP contribution is -2.14. The van der Waals surface area contributed by atoms with Crippen LogP contribution in [0.25, 0.3) is 0 Å². The Kier molecular flexibility index (Phi) is 4.52. The maximum Gasteiger partial charge on any atom is 0.257 e. The summed E-state index contributed by atoms with van der Waals surface area (Å²) >= 11 is 9.30. The van der Waals surface area contributed by atoms with E-state index in [2.05, 4.69) is 21.2 Å². The van der Waals surface area contributed by atoms with Crippen LogP contribution < -0.4 is 15.8 Å². The second-order valence-corrected chi connectivity index (χ2v) is 5.18. The second-order valence-electron chi connectivity index (χ2n) is 3.98. The van der Waals surface area contributed by atoms with E-state index in [0.29, 0.717) is 32.2 Å². The molecule has 0 saturated heterocycles. The fourth-order valence-corrected chi connectivity index (χ4v) is 2.25. The van der Waals surface area contributed by atoms with Crippen LogP contribution in [-0.4, -0.2) is 13.0 Å². The number of rotatable bonds is 3. The van der Waals surface area contributed by atoms with E-state index in [4.69, 9.17) is 22.1 Å². The lowest BCUT2D eigenvalue weighted by atomic mass is 10.1. The Bertz CT molecular complexity index is 662. The number of carbonyl (C=O) groups excluding carboxylic acids is 1. The smallest absolute Gasteiger partial charge is 0.257 e. The summed E-state index contributed by atoms with van der Waals surface area (Å²) in [6.45, 7) is 0. The van der Waals surface area contributed by atoms with Crippen molar-refractivity contribution in [1.82, 2.24) is 0 Å². The van der Waals surface area contributed by atoms with E-state index in [1.165, 1.54) is 7.11 Å². The van der Waals surface area contributed by atoms with Crippen LogP contribution in [0.15, 0.2) is 40.9 Å². The molecule has 4 nitrogen and oxygen atoms in total. The molecule has 6 heteroatoms. The summed E-state index contributed by atoms with van der Waals surface area (Å²) in [5.41, 5.74) is 7.11. The molecule has 1 amide bonds. The van der Waals surface area contributed by atoms with Crippen molar-refractivity contribution in [3.05, 3.63) is 51.5 Å². The molecule has 0 aliphatic heterocycles. The number of nitrogens with one attached hydrogen (secondary N) is 1. The lowest BCUT2D eigenvalue weighted by molar-refractivity contribution is 0.102. The van der Waals surface area contributed by atoms with Crippen LogP contribution in [0.5, 0.6) is 5.75 Å². The van der Waals surface area contributed by atoms with Crippen molar-refractivity contribution < 1.29 is 9.53 Å². The van der Waals surface area contributed by atoms with E-state index in [-0.39, 0.29) is 5.91 Å². The summed E-state index contributed by atoms with van der Waals surface area (Å²) < 4.78 is 5.72. The zero-order chi connectivity index (χ0) is 14.7. The van der Waals surface area contributed by atoms with Gasteiger partial charge in [0.15, 0.2) is 0 Å². The van der Waals surface area contributed by atoms with Gasteiger partial charge in [0.1, 0.15) is 5.75 Å². The molecule has 2 aromatic carbocycles. The Morgan fingerprint density at radius 2 is 2.00 bits per heavy atom. The van der Waals surface area contributed by atoms with Gasteiger partial charge in [0.2, 0.25) is 0 Å². The first-order chi connectivity index (χ1) is 9.54. The number of nitrogen functional groups attached to an aromatic ring is 1. The van der Waals surface area contributed by atoms with Gasteiger partial charge in [-0.15, -0.1) is 0 Å². The molecular formula is C14H12BrClN2O2. The lowest BCUT2D eigenvalue weighted by Gasteiger charge is -2.11. The number of methoxy groups -OCH3 is 1. The molecule has 0 aliphatic rings. The second kappa shape index (κ2) is 6.15. The Morgan fingerprint density at radius 3 is 2.70 bits per heavy atom. The third-order valence-corrected chi connectivity index (χ3v) is 4.13. The molecule has 2 rings (SSSR count). The number of amides is 1. The van der Waals surface area contributed by atoms with Gasteiger partial charge in [-0.25, -0.2) is 0 Å². The maximum absolute atomic E-state index is 12.3. The van der Waals surface area contributed by atoms with E-state index in [1.807, 2.05) is 0 Å². The van der Waals surface area contributed by atoms with E-state index in [0.717, 1.165) is 0 Å². The number of carbonyl (C=O) groups is 1. The van der Waals surface area contributed by atoms with Gasteiger partial charge in [0, 0.05) is 0 Å². The number of benzene rings is 2. The predicted molar refractivity (Wildman–Crippen MR) is 84.5 cm³/mol. The van der Waals surface area contributed by atoms with Crippen molar-refractivity contribution in [1.29, 1.82) is 0 Å². The molecule has 3 N–H and O–H groups in total. The minimum absolute atomic E-state index is 0.297. The molecule has 0 atom stereocenters. The van der Waals surface area contributed by atoms with Gasteiger partial charge >= 0.3 is 0 Å². The SMILES string of the molecule is COc1cccc(C(=O)Nc2cccc(Cl)c2Br)c1N. The number of para-hydroxylation sites is 1. The van der Waals surface area contributed by atoms with Gasteiger partial charge in [-0.2, -0.15) is 0 Å². The van der Waals surface area contributed by atoms with E-state index in [1.54, 1.807) is 36.4 Å². The van der Waals surface area contributed by atoms with Gasteiger partial charge in [0.25, 0.3) is 5.91 Å². The highest BCUT2D eigenvalue weighted by molar-refractivity contribution is 9.10. The van der Waals surface area contributed by atoms with Crippen LogP contribution in [0.2, 0.25) is 5.02 Å². The van der Waals surface area contributed by atoms with Crippen molar-refractivity contribution in [3.63, 3.8) is 0 Å². The number of ether oxygens (including phenoxy) is 1. The molecule has 0 saturated carbocycles. The normalized spacial score (nSPS) is 10.2. The van der Waals surface area contributed by atoms with Crippen LogP contribution in [0, 0.1) is 0 Å². The van der Waals surface area contributed by atoms with Crippen LogP contribution in [0.1, 0.15) is 10.4 Å². The largest absolute Gasteiger partial charge is 0.495 e. The monoisotopic (exact) mass is 354 g/mol. The quantitative estimate of drug-likeness (QED) is 0.820. The first-order valence-corrected chi connectivity index (χ1v) is 6.89. The van der Waals surface area contributed by atoms with Crippen molar-refractivity contribution in [3.8, 4) is 5.75 Å². The van der Waals surface area contributed by atoms with E-state index in [9.17, 15) is 4.79 Å². The van der Waals surface area contributed by atoms with E-state index < -0.39 is 0 Å². The third-order valence-electron chi connectivity index (χ3n) is 2.73. The van der Waals surface area contributed by atoms with Crippen LogP contribution >= 0.6 is 27.5 Å². The zero-order valence-corrected chi connectivity index (χ0v) is 13.0. The Hall–Kier alpha value is -1.72. The van der Waals surface area contributed by atoms with Crippen molar-refractivity contribution in [2.24, 2.45) is 0 Å². The zero-order valence-electron chi connectivity index (χ0n) is 10.6. The molecule has 2 aromatic rings. The Balaban J connectivity index is 2.31. The minimum atomic E-state index is -0.329. The van der Waals surface area contributed by atoms with Crippen LogP contribution in [0.3, 0.4) is 0 Å². The summed E-state index contributed by atoms with van der Waals surface area (Å²) in [5.74, 6) is 0.132. The summed E-state index contributed by atoms with van der Waals surface area (Å²) in [6, 6.07) is 10.2. The topological polar surface area (TPSA) is 64.3 Å². The molecule has 0 bridgehead atoms. The summed E-state index contributed by atoms with van der Waals surface area (Å²) in [4.78, 5) is 12.3. The van der Waals surface area contributed by atoms with Crippen molar-refractivity contribution in [2.45, 2.75) is 0 Å². The molecule has 0 spiro atoms. The molecule has 0 aliphatic carbocycles. The maximum atomic E-state index is 12.3. The number of halogens is 2. The molecule has 0 aromatic heterocycles. The molecule has 104 valence electrons. The Labute approximate surface area is 130 Å². The fourth-order valence-electron chi connectivity index (χ4n) is 1.71. The third kappa shape index (κ3) is 2.89. The first kappa shape index (κ1) is 14.7. The minimum Gasteiger partial charge on any atom is -0.495 e. The molecule has 0 fully saturated rings. The van der Waals surface area contributed by atoms with Gasteiger partial charge in [0.05, 0.1) is 33.5 Å². The standard InChI is InChI=1S/C14H12BrClN2O2/c1-20-11-7-2-4-8(13(11)17)14(19)18-10-6-3-5-9(16)12(10)15/h2-7H,17H2,1H3,(H,18,19). The average molecular weight is 356 g/mol. The molecule has 0 heterocycles. The highest BCUT2D eigenvalue weighted by Crippen LogP contribution is 2.31. The number of anilines is 2. The molecule has 0 radical (unpaired) electrons. The fraction of sp³-hybridized carbons (Fsp3) is 0.0714. The van der Waals surface area contributed by atoms with Gasteiger partial charge < -0.3 is 15.8 Å². The number of hydrogen-bond donors (Lipinski definition) is 2. The highest BCUT2D eigenvalue weighted by Gasteiger charge is 2.14. The van der Waals surface area contributed by atoms with Gasteiger partial charge in [-0.1, -0.05) is 23.7 Å². The number of nitrogens with two attached hydrogens (primary N) is 1. The van der Waals surface area contributed by atoms with Gasteiger partial charge in [-0.05, 0) is 40.2 Å². The van der Waals surface area contributed by atoms with Crippen LogP contribution in [-0.2, 0) is 0 Å². The van der Waals surface area contributed by atoms with E-state index >= 15 is 0 Å².